The number of nitrogens with zero attached hydrogens (tertiary/aromatic N) is 1. The van der Waals surface area contributed by atoms with Gasteiger partial charge < -0.3 is 5.32 Å². The van der Waals surface area contributed by atoms with Crippen LogP contribution in [0.5, 0.6) is 0 Å². The van der Waals surface area contributed by atoms with Crippen LogP contribution in [0.1, 0.15) is 39.2 Å². The van der Waals surface area contributed by atoms with E-state index < -0.39 is 4.92 Å². The van der Waals surface area contributed by atoms with Crippen molar-refractivity contribution in [1.29, 1.82) is 0 Å². The molecule has 0 aliphatic heterocycles. The first-order valence-electron chi connectivity index (χ1n) is 7.11. The number of amides is 1. The quantitative estimate of drug-likeness (QED) is 0.474. The third-order valence-corrected chi connectivity index (χ3v) is 3.10. The molecule has 0 fully saturated rings. The molecule has 0 saturated carbocycles. The standard InChI is InChI=1S/C16H22N2O3/c1-12(2)4-5-13(3)17-16(19)11-8-14-6-9-15(10-7-14)18(20)21/h6-13H,4-5H2,1-3H3,(H,17,19)/b11-8+. The minimum absolute atomic E-state index is 0.0407. The molecular formula is C16H22N2O3. The maximum Gasteiger partial charge on any atom is 0.269 e. The van der Waals surface area contributed by atoms with E-state index in [2.05, 4.69) is 19.2 Å². The summed E-state index contributed by atoms with van der Waals surface area (Å²) in [5.74, 6) is 0.476. The van der Waals surface area contributed by atoms with Crippen molar-refractivity contribution in [3.05, 3.63) is 46.0 Å². The fraction of sp³-hybridized carbons (Fsp3) is 0.438. The molecule has 0 aliphatic rings. The first-order chi connectivity index (χ1) is 9.88. The molecule has 0 radical (unpaired) electrons. The van der Waals surface area contributed by atoms with Gasteiger partial charge in [-0.05, 0) is 49.5 Å². The Balaban J connectivity index is 2.48. The van der Waals surface area contributed by atoms with Crippen LogP contribution in [-0.4, -0.2) is 16.9 Å². The molecule has 0 heterocycles. The first kappa shape index (κ1) is 16.9. The molecule has 0 bridgehead atoms. The van der Waals surface area contributed by atoms with Gasteiger partial charge in [-0.2, -0.15) is 0 Å². The van der Waals surface area contributed by atoms with E-state index in [1.807, 2.05) is 6.92 Å². The highest BCUT2D eigenvalue weighted by molar-refractivity contribution is 5.91. The molecule has 1 amide bonds. The van der Waals surface area contributed by atoms with Gasteiger partial charge in [0.15, 0.2) is 0 Å². The molecule has 1 aromatic carbocycles. The van der Waals surface area contributed by atoms with Gasteiger partial charge in [-0.25, -0.2) is 0 Å². The van der Waals surface area contributed by atoms with E-state index in [4.69, 9.17) is 0 Å². The smallest absolute Gasteiger partial charge is 0.269 e. The molecule has 1 rings (SSSR count). The van der Waals surface area contributed by atoms with Crippen LogP contribution in [0.25, 0.3) is 6.08 Å². The van der Waals surface area contributed by atoms with Crippen molar-refractivity contribution >= 4 is 17.7 Å². The summed E-state index contributed by atoms with van der Waals surface area (Å²) in [7, 11) is 0. The third-order valence-electron chi connectivity index (χ3n) is 3.10. The van der Waals surface area contributed by atoms with E-state index in [0.717, 1.165) is 18.4 Å². The molecule has 0 aromatic heterocycles. The van der Waals surface area contributed by atoms with Crippen LogP contribution in [-0.2, 0) is 4.79 Å². The second kappa shape index (κ2) is 8.19. The van der Waals surface area contributed by atoms with Crippen molar-refractivity contribution in [2.45, 2.75) is 39.7 Å². The number of nitro groups is 1. The Kier molecular flexibility index (Phi) is 6.59. The fourth-order valence-corrected chi connectivity index (χ4v) is 1.83. The van der Waals surface area contributed by atoms with Crippen molar-refractivity contribution in [3.63, 3.8) is 0 Å². The van der Waals surface area contributed by atoms with Gasteiger partial charge in [-0.1, -0.05) is 13.8 Å². The Morgan fingerprint density at radius 3 is 2.38 bits per heavy atom. The first-order valence-corrected chi connectivity index (χ1v) is 7.11. The lowest BCUT2D eigenvalue weighted by Crippen LogP contribution is -2.31. The van der Waals surface area contributed by atoms with Crippen molar-refractivity contribution < 1.29 is 9.72 Å². The highest BCUT2D eigenvalue weighted by atomic mass is 16.6. The predicted octanol–water partition coefficient (Wildman–Crippen LogP) is 3.55. The van der Waals surface area contributed by atoms with Crippen LogP contribution in [0.2, 0.25) is 0 Å². The topological polar surface area (TPSA) is 72.2 Å². The fourth-order valence-electron chi connectivity index (χ4n) is 1.83. The number of nitro benzene ring substituents is 1. The summed E-state index contributed by atoms with van der Waals surface area (Å²) in [6, 6.07) is 6.21. The summed E-state index contributed by atoms with van der Waals surface area (Å²) in [6.45, 7) is 6.30. The minimum Gasteiger partial charge on any atom is -0.350 e. The molecule has 114 valence electrons. The van der Waals surface area contributed by atoms with Gasteiger partial charge in [-0.3, -0.25) is 14.9 Å². The van der Waals surface area contributed by atoms with Crippen LogP contribution in [0, 0.1) is 16.0 Å². The van der Waals surface area contributed by atoms with Gasteiger partial charge in [0.2, 0.25) is 5.91 Å². The summed E-state index contributed by atoms with van der Waals surface area (Å²) in [6.07, 6.45) is 5.13. The second-order valence-electron chi connectivity index (χ2n) is 5.56. The van der Waals surface area contributed by atoms with E-state index in [9.17, 15) is 14.9 Å². The number of benzene rings is 1. The highest BCUT2D eigenvalue weighted by Crippen LogP contribution is 2.12. The van der Waals surface area contributed by atoms with Gasteiger partial charge in [0, 0.05) is 24.3 Å². The molecular weight excluding hydrogens is 268 g/mol. The summed E-state index contributed by atoms with van der Waals surface area (Å²) in [5.41, 5.74) is 0.796. The van der Waals surface area contributed by atoms with E-state index in [1.54, 1.807) is 18.2 Å². The minimum atomic E-state index is -0.448. The molecule has 1 N–H and O–H groups in total. The number of carbonyl (C=O) groups is 1. The number of rotatable bonds is 7. The van der Waals surface area contributed by atoms with Gasteiger partial charge in [0.05, 0.1) is 4.92 Å². The van der Waals surface area contributed by atoms with Gasteiger partial charge >= 0.3 is 0 Å². The van der Waals surface area contributed by atoms with Crippen molar-refractivity contribution in [1.82, 2.24) is 5.32 Å². The maximum atomic E-state index is 11.7. The largest absolute Gasteiger partial charge is 0.350 e. The zero-order valence-electron chi connectivity index (χ0n) is 12.7. The molecule has 0 saturated heterocycles. The van der Waals surface area contributed by atoms with Gasteiger partial charge in [0.25, 0.3) is 5.69 Å². The molecule has 0 aliphatic carbocycles. The SMILES string of the molecule is CC(C)CCC(C)NC(=O)/C=C/c1ccc([N+](=O)[O-])cc1. The summed E-state index contributed by atoms with van der Waals surface area (Å²) >= 11 is 0. The summed E-state index contributed by atoms with van der Waals surface area (Å²) in [4.78, 5) is 21.8. The predicted molar refractivity (Wildman–Crippen MR) is 83.8 cm³/mol. The van der Waals surface area contributed by atoms with Crippen molar-refractivity contribution in [2.24, 2.45) is 5.92 Å². The Labute approximate surface area is 125 Å². The maximum absolute atomic E-state index is 11.7. The highest BCUT2D eigenvalue weighted by Gasteiger charge is 2.06. The Hall–Kier alpha value is -2.17. The van der Waals surface area contributed by atoms with Crippen molar-refractivity contribution in [2.75, 3.05) is 0 Å². The molecule has 21 heavy (non-hydrogen) atoms. The zero-order chi connectivity index (χ0) is 15.8. The van der Waals surface area contributed by atoms with E-state index >= 15 is 0 Å². The zero-order valence-corrected chi connectivity index (χ0v) is 12.7. The van der Waals surface area contributed by atoms with Crippen LogP contribution < -0.4 is 5.32 Å². The van der Waals surface area contributed by atoms with Crippen LogP contribution >= 0.6 is 0 Å². The van der Waals surface area contributed by atoms with E-state index in [1.165, 1.54) is 18.2 Å². The molecule has 5 heteroatoms. The van der Waals surface area contributed by atoms with E-state index in [-0.39, 0.29) is 17.6 Å². The van der Waals surface area contributed by atoms with Crippen LogP contribution in [0.3, 0.4) is 0 Å². The molecule has 0 spiro atoms. The molecule has 1 unspecified atom stereocenters. The molecule has 5 nitrogen and oxygen atoms in total. The lowest BCUT2D eigenvalue weighted by atomic mass is 10.0. The number of hydrogen-bond donors (Lipinski definition) is 1. The van der Waals surface area contributed by atoms with Crippen LogP contribution in [0.4, 0.5) is 5.69 Å². The lowest BCUT2D eigenvalue weighted by molar-refractivity contribution is -0.384. The third kappa shape index (κ3) is 6.70. The number of non-ortho nitro benzene ring substituents is 1. The summed E-state index contributed by atoms with van der Waals surface area (Å²) in [5, 5.41) is 13.4. The number of hydrogen-bond acceptors (Lipinski definition) is 3. The second-order valence-corrected chi connectivity index (χ2v) is 5.56. The van der Waals surface area contributed by atoms with E-state index in [0.29, 0.717) is 5.92 Å². The Morgan fingerprint density at radius 2 is 1.86 bits per heavy atom. The molecule has 1 atom stereocenters. The average molecular weight is 290 g/mol. The normalized spacial score (nSPS) is 12.6. The Bertz CT molecular complexity index is 507. The monoisotopic (exact) mass is 290 g/mol. The molecule has 1 aromatic rings. The number of carbonyl (C=O) groups excluding carboxylic acids is 1. The van der Waals surface area contributed by atoms with Crippen LogP contribution in [0.15, 0.2) is 30.3 Å². The lowest BCUT2D eigenvalue weighted by Gasteiger charge is -2.13. The average Bonchev–Trinajstić information content (AvgIpc) is 2.43. The Morgan fingerprint density at radius 1 is 1.24 bits per heavy atom. The van der Waals surface area contributed by atoms with Gasteiger partial charge in [-0.15, -0.1) is 0 Å². The van der Waals surface area contributed by atoms with Crippen molar-refractivity contribution in [3.8, 4) is 0 Å². The summed E-state index contributed by atoms with van der Waals surface area (Å²) < 4.78 is 0. The number of nitrogens with one attached hydrogen (secondary N) is 1. The van der Waals surface area contributed by atoms with Gasteiger partial charge in [0.1, 0.15) is 0 Å².